The van der Waals surface area contributed by atoms with Crippen LogP contribution in [-0.2, 0) is 34.8 Å². The zero-order valence-electron chi connectivity index (χ0n) is 13.7. The van der Waals surface area contributed by atoms with Crippen molar-refractivity contribution in [1.82, 2.24) is 8.87 Å². The second-order valence-electron chi connectivity index (χ2n) is 5.68. The first-order chi connectivity index (χ1) is 11.4. The van der Waals surface area contributed by atoms with Crippen LogP contribution in [0.15, 0.2) is 41.3 Å². The largest absolute Gasteiger partial charge is 0.461 e. The number of sulfonamides is 1. The van der Waals surface area contributed by atoms with E-state index in [1.165, 1.54) is 4.31 Å². The maximum atomic E-state index is 12.8. The van der Waals surface area contributed by atoms with Gasteiger partial charge < -0.3 is 9.30 Å². The molecule has 0 fully saturated rings. The molecule has 6 nitrogen and oxygen atoms in total. The Hall–Kier alpha value is -2.12. The minimum Gasteiger partial charge on any atom is -0.461 e. The predicted octanol–water partition coefficient (Wildman–Crippen LogP) is 1.95. The highest BCUT2D eigenvalue weighted by Crippen LogP contribution is 2.27. The van der Waals surface area contributed by atoms with Crippen LogP contribution in [0.25, 0.3) is 0 Å². The summed E-state index contributed by atoms with van der Waals surface area (Å²) in [7, 11) is -1.77. The fourth-order valence-electron chi connectivity index (χ4n) is 2.97. The smallest absolute Gasteiger partial charge is 0.354 e. The van der Waals surface area contributed by atoms with Crippen molar-refractivity contribution >= 4 is 16.0 Å². The zero-order valence-corrected chi connectivity index (χ0v) is 14.5. The van der Waals surface area contributed by atoms with E-state index in [0.29, 0.717) is 25.3 Å². The highest BCUT2D eigenvalue weighted by molar-refractivity contribution is 7.89. The molecule has 1 aromatic carbocycles. The molecule has 128 valence electrons. The first-order valence-electron chi connectivity index (χ1n) is 7.85. The predicted molar refractivity (Wildman–Crippen MR) is 89.1 cm³/mol. The molecular formula is C17H20N2O4S. The summed E-state index contributed by atoms with van der Waals surface area (Å²) in [6.45, 7) is 2.72. The molecule has 24 heavy (non-hydrogen) atoms. The van der Waals surface area contributed by atoms with Gasteiger partial charge in [-0.1, -0.05) is 18.2 Å². The summed E-state index contributed by atoms with van der Waals surface area (Å²) in [4.78, 5) is 12.3. The van der Waals surface area contributed by atoms with Gasteiger partial charge in [0.1, 0.15) is 5.69 Å². The van der Waals surface area contributed by atoms with E-state index in [2.05, 4.69) is 0 Å². The van der Waals surface area contributed by atoms with E-state index in [9.17, 15) is 13.2 Å². The molecule has 2 aromatic rings. The van der Waals surface area contributed by atoms with Crippen LogP contribution in [-0.4, -0.2) is 36.4 Å². The van der Waals surface area contributed by atoms with E-state index in [1.807, 2.05) is 0 Å². The fraction of sp³-hybridized carbons (Fsp3) is 0.353. The Bertz CT molecular complexity index is 856. The molecular weight excluding hydrogens is 328 g/mol. The number of benzene rings is 1. The summed E-state index contributed by atoms with van der Waals surface area (Å²) in [6.07, 6.45) is 0.578. The molecule has 1 aromatic heterocycles. The minimum atomic E-state index is -3.54. The molecule has 3 rings (SSSR count). The molecule has 0 saturated heterocycles. The Labute approximate surface area is 141 Å². The second-order valence-corrected chi connectivity index (χ2v) is 7.62. The number of carbonyl (C=O) groups excluding carboxylic acids is 1. The van der Waals surface area contributed by atoms with Crippen molar-refractivity contribution in [3.63, 3.8) is 0 Å². The third-order valence-electron chi connectivity index (χ3n) is 4.27. The van der Waals surface area contributed by atoms with Crippen molar-refractivity contribution in [3.05, 3.63) is 53.3 Å². The van der Waals surface area contributed by atoms with E-state index >= 15 is 0 Å². The van der Waals surface area contributed by atoms with Crippen LogP contribution in [0.3, 0.4) is 0 Å². The Morgan fingerprint density at radius 1 is 1.25 bits per heavy atom. The highest BCUT2D eigenvalue weighted by atomic mass is 32.2. The lowest BCUT2D eigenvalue weighted by atomic mass is 10.1. The number of ether oxygens (including phenoxy) is 1. The van der Waals surface area contributed by atoms with Crippen LogP contribution in [0.2, 0.25) is 0 Å². The van der Waals surface area contributed by atoms with Gasteiger partial charge in [0.05, 0.1) is 18.0 Å². The molecule has 0 amide bonds. The summed E-state index contributed by atoms with van der Waals surface area (Å²) < 4.78 is 33.8. The van der Waals surface area contributed by atoms with Gasteiger partial charge >= 0.3 is 5.97 Å². The SMILES string of the molecule is CCOC(=O)c1cc2c(n1C)CN(S(=O)(=O)c1ccccc1)CC2. The number of fused-ring (bicyclic) bond motifs is 1. The van der Waals surface area contributed by atoms with Crippen molar-refractivity contribution in [2.24, 2.45) is 7.05 Å². The maximum absolute atomic E-state index is 12.8. The van der Waals surface area contributed by atoms with Gasteiger partial charge in [0.15, 0.2) is 0 Å². The van der Waals surface area contributed by atoms with Crippen molar-refractivity contribution in [1.29, 1.82) is 0 Å². The number of carbonyl (C=O) groups is 1. The first-order valence-corrected chi connectivity index (χ1v) is 9.29. The summed E-state index contributed by atoms with van der Waals surface area (Å²) >= 11 is 0. The third-order valence-corrected chi connectivity index (χ3v) is 6.13. The zero-order chi connectivity index (χ0) is 17.3. The van der Waals surface area contributed by atoms with Crippen LogP contribution in [0.4, 0.5) is 0 Å². The van der Waals surface area contributed by atoms with Crippen molar-refractivity contribution in [2.75, 3.05) is 13.2 Å². The standard InChI is InChI=1S/C17H20N2O4S/c1-3-23-17(20)15-11-13-9-10-19(12-16(13)18(15)2)24(21,22)14-7-5-4-6-8-14/h4-8,11H,3,9-10,12H2,1-2H3. The number of rotatable bonds is 4. The number of hydrogen-bond donors (Lipinski definition) is 0. The van der Waals surface area contributed by atoms with E-state index in [4.69, 9.17) is 4.74 Å². The summed E-state index contributed by atoms with van der Waals surface area (Å²) in [5.74, 6) is -0.383. The lowest BCUT2D eigenvalue weighted by Gasteiger charge is -2.27. The van der Waals surface area contributed by atoms with Crippen molar-refractivity contribution < 1.29 is 17.9 Å². The van der Waals surface area contributed by atoms with Crippen LogP contribution >= 0.6 is 0 Å². The molecule has 0 spiro atoms. The molecule has 2 heterocycles. The molecule has 0 bridgehead atoms. The van der Waals surface area contributed by atoms with Crippen LogP contribution < -0.4 is 0 Å². The Morgan fingerprint density at radius 3 is 2.62 bits per heavy atom. The molecule has 1 aliphatic rings. The molecule has 1 aliphatic heterocycles. The average Bonchev–Trinajstić information content (AvgIpc) is 2.92. The maximum Gasteiger partial charge on any atom is 0.354 e. The van der Waals surface area contributed by atoms with Crippen molar-refractivity contribution in [3.8, 4) is 0 Å². The van der Waals surface area contributed by atoms with E-state index in [0.717, 1.165) is 11.3 Å². The van der Waals surface area contributed by atoms with E-state index in [-0.39, 0.29) is 17.4 Å². The van der Waals surface area contributed by atoms with Crippen LogP contribution in [0, 0.1) is 0 Å². The number of esters is 1. The summed E-state index contributed by atoms with van der Waals surface area (Å²) in [5.41, 5.74) is 2.30. The molecule has 0 saturated carbocycles. The van der Waals surface area contributed by atoms with Crippen molar-refractivity contribution in [2.45, 2.75) is 24.8 Å². The Kier molecular flexibility index (Phi) is 4.47. The average molecular weight is 348 g/mol. The Morgan fingerprint density at radius 2 is 1.96 bits per heavy atom. The fourth-order valence-corrected chi connectivity index (χ4v) is 4.39. The van der Waals surface area contributed by atoms with Crippen LogP contribution in [0.5, 0.6) is 0 Å². The normalized spacial score (nSPS) is 15.1. The molecule has 0 unspecified atom stereocenters. The summed E-state index contributed by atoms with van der Waals surface area (Å²) in [5, 5.41) is 0. The third kappa shape index (κ3) is 2.85. The van der Waals surface area contributed by atoms with Gasteiger partial charge in [0.25, 0.3) is 0 Å². The van der Waals surface area contributed by atoms with Gasteiger partial charge in [-0.15, -0.1) is 0 Å². The Balaban J connectivity index is 1.91. The van der Waals surface area contributed by atoms with Gasteiger partial charge in [-0.05, 0) is 37.1 Å². The van der Waals surface area contributed by atoms with Gasteiger partial charge in [-0.2, -0.15) is 4.31 Å². The molecule has 0 aliphatic carbocycles. The van der Waals surface area contributed by atoms with Gasteiger partial charge in [0.2, 0.25) is 10.0 Å². The lowest BCUT2D eigenvalue weighted by molar-refractivity contribution is 0.0515. The van der Waals surface area contributed by atoms with E-state index in [1.54, 1.807) is 54.9 Å². The molecule has 0 atom stereocenters. The quantitative estimate of drug-likeness (QED) is 0.792. The van der Waals surface area contributed by atoms with Gasteiger partial charge in [-0.3, -0.25) is 0 Å². The number of aromatic nitrogens is 1. The minimum absolute atomic E-state index is 0.252. The number of hydrogen-bond acceptors (Lipinski definition) is 4. The topological polar surface area (TPSA) is 68.6 Å². The van der Waals surface area contributed by atoms with Crippen LogP contribution in [0.1, 0.15) is 28.7 Å². The highest BCUT2D eigenvalue weighted by Gasteiger charge is 2.31. The van der Waals surface area contributed by atoms with Gasteiger partial charge in [-0.25, -0.2) is 13.2 Å². The molecule has 7 heteroatoms. The van der Waals surface area contributed by atoms with E-state index < -0.39 is 10.0 Å². The summed E-state index contributed by atoms with van der Waals surface area (Å²) in [6, 6.07) is 10.2. The lowest BCUT2D eigenvalue weighted by Crippen LogP contribution is -2.36. The first kappa shape index (κ1) is 16.7. The number of nitrogens with zero attached hydrogens (tertiary/aromatic N) is 2. The molecule has 0 N–H and O–H groups in total. The van der Waals surface area contributed by atoms with Gasteiger partial charge in [0, 0.05) is 19.3 Å². The molecule has 0 radical (unpaired) electrons. The second kappa shape index (κ2) is 6.41. The monoisotopic (exact) mass is 348 g/mol.